The molecule has 0 bridgehead atoms. The lowest BCUT2D eigenvalue weighted by Crippen LogP contribution is -2.22. The summed E-state index contributed by atoms with van der Waals surface area (Å²) in [5, 5.41) is 0. The second kappa shape index (κ2) is 3.53. The van der Waals surface area contributed by atoms with Crippen LogP contribution in [-0.2, 0) is 12.8 Å². The van der Waals surface area contributed by atoms with E-state index >= 15 is 0 Å². The van der Waals surface area contributed by atoms with Crippen LogP contribution in [0.2, 0.25) is 0 Å². The molecule has 1 aliphatic carbocycles. The van der Waals surface area contributed by atoms with Crippen LogP contribution < -0.4 is 0 Å². The van der Waals surface area contributed by atoms with Crippen LogP contribution in [-0.4, -0.2) is 0 Å². The molecule has 2 rings (SSSR count). The number of rotatable bonds is 1. The first-order valence-corrected chi connectivity index (χ1v) is 5.38. The van der Waals surface area contributed by atoms with Crippen molar-refractivity contribution in [3.05, 3.63) is 35.4 Å². The average molecular weight is 174 g/mol. The van der Waals surface area contributed by atoms with Crippen molar-refractivity contribution in [3.8, 4) is 0 Å². The molecule has 2 atom stereocenters. The van der Waals surface area contributed by atoms with Crippen LogP contribution in [0.4, 0.5) is 0 Å². The lowest BCUT2D eigenvalue weighted by molar-refractivity contribution is 0.323. The Balaban J connectivity index is 2.27. The van der Waals surface area contributed by atoms with Gasteiger partial charge < -0.3 is 0 Å². The van der Waals surface area contributed by atoms with Crippen LogP contribution in [0.25, 0.3) is 0 Å². The highest BCUT2D eigenvalue weighted by molar-refractivity contribution is 5.30. The van der Waals surface area contributed by atoms with Crippen molar-refractivity contribution in [2.24, 2.45) is 11.8 Å². The third kappa shape index (κ3) is 1.63. The van der Waals surface area contributed by atoms with Gasteiger partial charge in [0.1, 0.15) is 0 Å². The Kier molecular flexibility index (Phi) is 2.39. The molecule has 0 radical (unpaired) electrons. The second-order valence-electron chi connectivity index (χ2n) is 4.32. The molecule has 0 heteroatoms. The van der Waals surface area contributed by atoms with Gasteiger partial charge in [-0.05, 0) is 35.8 Å². The first-order valence-electron chi connectivity index (χ1n) is 5.38. The number of benzene rings is 1. The highest BCUT2D eigenvalue weighted by Gasteiger charge is 2.22. The monoisotopic (exact) mass is 174 g/mol. The molecule has 0 amide bonds. The summed E-state index contributed by atoms with van der Waals surface area (Å²) in [4.78, 5) is 0. The Morgan fingerprint density at radius 2 is 1.77 bits per heavy atom. The van der Waals surface area contributed by atoms with E-state index in [1.165, 1.54) is 19.3 Å². The summed E-state index contributed by atoms with van der Waals surface area (Å²) in [7, 11) is 0. The quantitative estimate of drug-likeness (QED) is 0.611. The molecule has 1 aromatic rings. The van der Waals surface area contributed by atoms with E-state index in [2.05, 4.69) is 38.1 Å². The molecule has 0 aliphatic heterocycles. The van der Waals surface area contributed by atoms with Crippen molar-refractivity contribution in [2.45, 2.75) is 33.1 Å². The van der Waals surface area contributed by atoms with Crippen LogP contribution >= 0.6 is 0 Å². The average Bonchev–Trinajstić information content (AvgIpc) is 2.17. The number of hydrogen-bond donors (Lipinski definition) is 0. The molecule has 0 saturated heterocycles. The summed E-state index contributed by atoms with van der Waals surface area (Å²) in [5.74, 6) is 1.79. The Bertz CT molecular complexity index is 288. The molecule has 0 saturated carbocycles. The molecule has 0 heterocycles. The molecule has 1 unspecified atom stereocenters. The highest BCUT2D eigenvalue weighted by atomic mass is 14.3. The smallest absolute Gasteiger partial charge is 0.0245 e. The van der Waals surface area contributed by atoms with E-state index in [0.717, 1.165) is 11.8 Å². The minimum atomic E-state index is 0.875. The fraction of sp³-hybridized carbons (Fsp3) is 0.538. The standard InChI is InChI=1S/C13H18/c1-3-11-9-13-7-5-4-6-12(13)8-10(11)2/h4-7,10-11H,3,8-9H2,1-2H3/t10-,11?/m1/s1. The molecule has 0 aromatic heterocycles. The largest absolute Gasteiger partial charge is 0.0651 e. The molecule has 0 spiro atoms. The van der Waals surface area contributed by atoms with E-state index in [0.29, 0.717) is 0 Å². The Hall–Kier alpha value is -0.780. The predicted octanol–water partition coefficient (Wildman–Crippen LogP) is 3.45. The summed E-state index contributed by atoms with van der Waals surface area (Å²) < 4.78 is 0. The fourth-order valence-electron chi connectivity index (χ4n) is 2.50. The van der Waals surface area contributed by atoms with Crippen molar-refractivity contribution in [1.82, 2.24) is 0 Å². The number of fused-ring (bicyclic) bond motifs is 1. The van der Waals surface area contributed by atoms with Crippen LogP contribution in [0, 0.1) is 11.8 Å². The minimum Gasteiger partial charge on any atom is -0.0651 e. The minimum absolute atomic E-state index is 0.875. The Morgan fingerprint density at radius 3 is 2.38 bits per heavy atom. The molecule has 0 fully saturated rings. The molecular formula is C13H18. The molecular weight excluding hydrogens is 156 g/mol. The molecule has 70 valence electrons. The fourth-order valence-corrected chi connectivity index (χ4v) is 2.50. The zero-order chi connectivity index (χ0) is 9.26. The van der Waals surface area contributed by atoms with Gasteiger partial charge in [0.25, 0.3) is 0 Å². The zero-order valence-corrected chi connectivity index (χ0v) is 8.59. The van der Waals surface area contributed by atoms with Gasteiger partial charge in [-0.15, -0.1) is 0 Å². The summed E-state index contributed by atoms with van der Waals surface area (Å²) >= 11 is 0. The van der Waals surface area contributed by atoms with Gasteiger partial charge >= 0.3 is 0 Å². The van der Waals surface area contributed by atoms with Gasteiger partial charge in [0.2, 0.25) is 0 Å². The predicted molar refractivity (Wildman–Crippen MR) is 56.8 cm³/mol. The van der Waals surface area contributed by atoms with E-state index in [1.54, 1.807) is 11.1 Å². The van der Waals surface area contributed by atoms with Gasteiger partial charge in [-0.25, -0.2) is 0 Å². The normalized spacial score (nSPS) is 26.9. The van der Waals surface area contributed by atoms with Crippen LogP contribution in [0.5, 0.6) is 0 Å². The topological polar surface area (TPSA) is 0 Å². The Labute approximate surface area is 81.0 Å². The van der Waals surface area contributed by atoms with Crippen molar-refractivity contribution in [3.63, 3.8) is 0 Å². The SMILES string of the molecule is CCC1Cc2ccccc2C[C@H]1C. The number of hydrogen-bond acceptors (Lipinski definition) is 0. The Morgan fingerprint density at radius 1 is 1.15 bits per heavy atom. The lowest BCUT2D eigenvalue weighted by atomic mass is 9.76. The maximum Gasteiger partial charge on any atom is -0.0245 e. The van der Waals surface area contributed by atoms with Crippen molar-refractivity contribution < 1.29 is 0 Å². The molecule has 1 aliphatic rings. The van der Waals surface area contributed by atoms with Crippen molar-refractivity contribution >= 4 is 0 Å². The summed E-state index contributed by atoms with van der Waals surface area (Å²) in [6.45, 7) is 4.71. The van der Waals surface area contributed by atoms with E-state index in [9.17, 15) is 0 Å². The summed E-state index contributed by atoms with van der Waals surface area (Å²) in [6, 6.07) is 8.92. The second-order valence-corrected chi connectivity index (χ2v) is 4.32. The lowest BCUT2D eigenvalue weighted by Gasteiger charge is -2.29. The first kappa shape index (κ1) is 8.80. The van der Waals surface area contributed by atoms with E-state index in [4.69, 9.17) is 0 Å². The highest BCUT2D eigenvalue weighted by Crippen LogP contribution is 2.31. The molecule has 0 N–H and O–H groups in total. The summed E-state index contributed by atoms with van der Waals surface area (Å²) in [5.41, 5.74) is 3.17. The first-order chi connectivity index (χ1) is 6.31. The van der Waals surface area contributed by atoms with Gasteiger partial charge in [0.05, 0.1) is 0 Å². The van der Waals surface area contributed by atoms with E-state index in [-0.39, 0.29) is 0 Å². The third-order valence-corrected chi connectivity index (χ3v) is 3.47. The maximum atomic E-state index is 2.39. The van der Waals surface area contributed by atoms with Crippen molar-refractivity contribution in [2.75, 3.05) is 0 Å². The molecule has 1 aromatic carbocycles. The van der Waals surface area contributed by atoms with Gasteiger partial charge in [-0.1, -0.05) is 44.5 Å². The molecule has 13 heavy (non-hydrogen) atoms. The third-order valence-electron chi connectivity index (χ3n) is 3.47. The summed E-state index contributed by atoms with van der Waals surface area (Å²) in [6.07, 6.45) is 3.91. The van der Waals surface area contributed by atoms with Crippen molar-refractivity contribution in [1.29, 1.82) is 0 Å². The van der Waals surface area contributed by atoms with E-state index in [1.807, 2.05) is 0 Å². The zero-order valence-electron chi connectivity index (χ0n) is 8.59. The van der Waals surface area contributed by atoms with Gasteiger partial charge in [-0.2, -0.15) is 0 Å². The molecule has 0 nitrogen and oxygen atoms in total. The van der Waals surface area contributed by atoms with Gasteiger partial charge in [-0.3, -0.25) is 0 Å². The van der Waals surface area contributed by atoms with Crippen LogP contribution in [0.15, 0.2) is 24.3 Å². The van der Waals surface area contributed by atoms with Gasteiger partial charge in [0, 0.05) is 0 Å². The van der Waals surface area contributed by atoms with Crippen LogP contribution in [0.1, 0.15) is 31.4 Å². The van der Waals surface area contributed by atoms with Crippen LogP contribution in [0.3, 0.4) is 0 Å². The van der Waals surface area contributed by atoms with Gasteiger partial charge in [0.15, 0.2) is 0 Å². The maximum absolute atomic E-state index is 2.39. The van der Waals surface area contributed by atoms with E-state index < -0.39 is 0 Å².